The Bertz CT molecular complexity index is 556. The minimum absolute atomic E-state index is 0.0342. The second kappa shape index (κ2) is 5.15. The number of aliphatic hydroxyl groups is 1. The number of aliphatic hydroxyl groups excluding tert-OH is 1. The summed E-state index contributed by atoms with van der Waals surface area (Å²) in [6.45, 7) is 3.51. The first-order valence-corrected chi connectivity index (χ1v) is 5.94. The van der Waals surface area contributed by atoms with Gasteiger partial charge >= 0.3 is 0 Å². The molecule has 0 bridgehead atoms. The van der Waals surface area contributed by atoms with E-state index in [9.17, 15) is 9.90 Å². The zero-order valence-electron chi connectivity index (χ0n) is 10.6. The normalized spacial score (nSPS) is 12.2. The Morgan fingerprint density at radius 2 is 1.67 bits per heavy atom. The predicted molar refractivity (Wildman–Crippen MR) is 71.7 cm³/mol. The summed E-state index contributed by atoms with van der Waals surface area (Å²) in [6, 6.07) is 14.8. The van der Waals surface area contributed by atoms with E-state index < -0.39 is 6.10 Å². The Kier molecular flexibility index (Phi) is 3.58. The van der Waals surface area contributed by atoms with E-state index in [1.165, 1.54) is 6.92 Å². The van der Waals surface area contributed by atoms with Gasteiger partial charge < -0.3 is 5.11 Å². The lowest BCUT2D eigenvalue weighted by molar-refractivity contribution is 0.101. The molecule has 2 nitrogen and oxygen atoms in total. The maximum absolute atomic E-state index is 11.2. The third kappa shape index (κ3) is 2.49. The van der Waals surface area contributed by atoms with E-state index in [0.717, 1.165) is 16.7 Å². The fourth-order valence-electron chi connectivity index (χ4n) is 1.97. The van der Waals surface area contributed by atoms with Crippen LogP contribution in [0.1, 0.15) is 40.1 Å². The third-order valence-electron chi connectivity index (χ3n) is 3.12. The highest BCUT2D eigenvalue weighted by atomic mass is 16.3. The van der Waals surface area contributed by atoms with Gasteiger partial charge in [-0.2, -0.15) is 0 Å². The van der Waals surface area contributed by atoms with Crippen LogP contribution in [-0.4, -0.2) is 10.9 Å². The number of benzene rings is 2. The maximum atomic E-state index is 11.2. The van der Waals surface area contributed by atoms with Gasteiger partial charge in [0.15, 0.2) is 5.78 Å². The van der Waals surface area contributed by atoms with Gasteiger partial charge in [-0.3, -0.25) is 4.79 Å². The molecule has 18 heavy (non-hydrogen) atoms. The van der Waals surface area contributed by atoms with E-state index >= 15 is 0 Å². The summed E-state index contributed by atoms with van der Waals surface area (Å²) in [5.41, 5.74) is 3.42. The lowest BCUT2D eigenvalue weighted by atomic mass is 9.96. The Labute approximate surface area is 107 Å². The highest BCUT2D eigenvalue weighted by molar-refractivity contribution is 5.94. The number of aryl methyl sites for hydroxylation is 1. The van der Waals surface area contributed by atoms with Crippen LogP contribution in [0.15, 0.2) is 48.5 Å². The Morgan fingerprint density at radius 3 is 2.22 bits per heavy atom. The lowest BCUT2D eigenvalue weighted by Gasteiger charge is -2.14. The number of rotatable bonds is 3. The van der Waals surface area contributed by atoms with Crippen LogP contribution in [0.3, 0.4) is 0 Å². The molecule has 0 aliphatic rings. The summed E-state index contributed by atoms with van der Waals surface area (Å²) in [4.78, 5) is 11.2. The van der Waals surface area contributed by atoms with Crippen LogP contribution in [0.5, 0.6) is 0 Å². The molecule has 2 heteroatoms. The number of carbonyl (C=O) groups excluding carboxylic acids is 1. The van der Waals surface area contributed by atoms with Crippen LogP contribution in [0.25, 0.3) is 0 Å². The zero-order chi connectivity index (χ0) is 13.1. The quantitative estimate of drug-likeness (QED) is 0.836. The molecule has 0 saturated heterocycles. The van der Waals surface area contributed by atoms with Gasteiger partial charge in [-0.05, 0) is 30.5 Å². The van der Waals surface area contributed by atoms with E-state index in [4.69, 9.17) is 0 Å². The molecular weight excluding hydrogens is 224 g/mol. The van der Waals surface area contributed by atoms with E-state index in [1.54, 1.807) is 24.3 Å². The summed E-state index contributed by atoms with van der Waals surface area (Å²) in [7, 11) is 0. The van der Waals surface area contributed by atoms with Crippen molar-refractivity contribution in [3.05, 3.63) is 70.8 Å². The summed E-state index contributed by atoms with van der Waals surface area (Å²) in [6.07, 6.45) is -0.646. The second-order valence-electron chi connectivity index (χ2n) is 4.44. The van der Waals surface area contributed by atoms with E-state index in [1.807, 2.05) is 31.2 Å². The first-order valence-electron chi connectivity index (χ1n) is 5.94. The predicted octanol–water partition coefficient (Wildman–Crippen LogP) is 3.28. The number of carbonyl (C=O) groups is 1. The number of hydrogen-bond donors (Lipinski definition) is 1. The van der Waals surface area contributed by atoms with Crippen molar-refractivity contribution in [3.8, 4) is 0 Å². The summed E-state index contributed by atoms with van der Waals surface area (Å²) in [5, 5.41) is 10.3. The minimum Gasteiger partial charge on any atom is -0.384 e. The number of ketones is 1. The van der Waals surface area contributed by atoms with Crippen LogP contribution in [0.2, 0.25) is 0 Å². The van der Waals surface area contributed by atoms with Crippen LogP contribution in [0.4, 0.5) is 0 Å². The molecule has 0 aliphatic heterocycles. The topological polar surface area (TPSA) is 37.3 Å². The van der Waals surface area contributed by atoms with Gasteiger partial charge in [-0.15, -0.1) is 0 Å². The van der Waals surface area contributed by atoms with Gasteiger partial charge in [0.05, 0.1) is 0 Å². The highest BCUT2D eigenvalue weighted by Crippen LogP contribution is 2.24. The molecule has 2 aromatic carbocycles. The van der Waals surface area contributed by atoms with Gasteiger partial charge in [0.1, 0.15) is 6.10 Å². The van der Waals surface area contributed by atoms with Crippen LogP contribution >= 0.6 is 0 Å². The van der Waals surface area contributed by atoms with Crippen molar-refractivity contribution in [3.63, 3.8) is 0 Å². The molecule has 92 valence electrons. The molecule has 2 aromatic rings. The Hall–Kier alpha value is -1.93. The standard InChI is InChI=1S/C16H16O2/c1-11-5-3-4-6-15(11)16(18)14-9-7-13(8-10-14)12(2)17/h3-10,16,18H,1-2H3. The molecule has 0 amide bonds. The van der Waals surface area contributed by atoms with E-state index in [2.05, 4.69) is 0 Å². The average Bonchev–Trinajstić information content (AvgIpc) is 2.38. The summed E-state index contributed by atoms with van der Waals surface area (Å²) >= 11 is 0. The minimum atomic E-state index is -0.646. The molecule has 0 aliphatic carbocycles. The van der Waals surface area contributed by atoms with Gasteiger partial charge in [0.25, 0.3) is 0 Å². The number of hydrogen-bond acceptors (Lipinski definition) is 2. The SMILES string of the molecule is CC(=O)c1ccc(C(O)c2ccccc2C)cc1. The van der Waals surface area contributed by atoms with Gasteiger partial charge in [-0.25, -0.2) is 0 Å². The maximum Gasteiger partial charge on any atom is 0.159 e. The van der Waals surface area contributed by atoms with Crippen LogP contribution in [-0.2, 0) is 0 Å². The van der Waals surface area contributed by atoms with E-state index in [0.29, 0.717) is 5.56 Å². The Balaban J connectivity index is 2.32. The first-order chi connectivity index (χ1) is 8.59. The molecule has 0 fully saturated rings. The zero-order valence-corrected chi connectivity index (χ0v) is 10.6. The van der Waals surface area contributed by atoms with Gasteiger partial charge in [0.2, 0.25) is 0 Å². The number of Topliss-reactive ketones (excluding diaryl/α,β-unsaturated/α-hetero) is 1. The van der Waals surface area contributed by atoms with E-state index in [-0.39, 0.29) is 5.78 Å². The van der Waals surface area contributed by atoms with Crippen molar-refractivity contribution in [1.29, 1.82) is 0 Å². The first kappa shape index (κ1) is 12.5. The molecule has 1 N–H and O–H groups in total. The van der Waals surface area contributed by atoms with Crippen LogP contribution in [0, 0.1) is 6.92 Å². The molecule has 0 spiro atoms. The lowest BCUT2D eigenvalue weighted by Crippen LogP contribution is -2.02. The third-order valence-corrected chi connectivity index (χ3v) is 3.12. The average molecular weight is 240 g/mol. The van der Waals surface area contributed by atoms with Crippen molar-refractivity contribution >= 4 is 5.78 Å². The van der Waals surface area contributed by atoms with Crippen molar-refractivity contribution < 1.29 is 9.90 Å². The second-order valence-corrected chi connectivity index (χ2v) is 4.44. The summed E-state index contributed by atoms with van der Waals surface area (Å²) < 4.78 is 0. The monoisotopic (exact) mass is 240 g/mol. The molecular formula is C16H16O2. The van der Waals surface area contributed by atoms with Crippen molar-refractivity contribution in [2.45, 2.75) is 20.0 Å². The Morgan fingerprint density at radius 1 is 1.06 bits per heavy atom. The fraction of sp³-hybridized carbons (Fsp3) is 0.188. The molecule has 0 radical (unpaired) electrons. The smallest absolute Gasteiger partial charge is 0.159 e. The highest BCUT2D eigenvalue weighted by Gasteiger charge is 2.12. The molecule has 0 heterocycles. The molecule has 1 atom stereocenters. The molecule has 0 saturated carbocycles. The van der Waals surface area contributed by atoms with Crippen molar-refractivity contribution in [1.82, 2.24) is 0 Å². The van der Waals surface area contributed by atoms with Crippen molar-refractivity contribution in [2.75, 3.05) is 0 Å². The van der Waals surface area contributed by atoms with Crippen LogP contribution < -0.4 is 0 Å². The summed E-state index contributed by atoms with van der Waals surface area (Å²) in [5.74, 6) is 0.0342. The van der Waals surface area contributed by atoms with Gasteiger partial charge in [0, 0.05) is 5.56 Å². The fourth-order valence-corrected chi connectivity index (χ4v) is 1.97. The largest absolute Gasteiger partial charge is 0.384 e. The van der Waals surface area contributed by atoms with Crippen molar-refractivity contribution in [2.24, 2.45) is 0 Å². The molecule has 1 unspecified atom stereocenters. The molecule has 2 rings (SSSR count). The van der Waals surface area contributed by atoms with Gasteiger partial charge in [-0.1, -0.05) is 48.5 Å². The molecule has 0 aromatic heterocycles.